The maximum absolute atomic E-state index is 12.8. The van der Waals surface area contributed by atoms with Gasteiger partial charge in [-0.1, -0.05) is 31.2 Å². The molecule has 0 saturated heterocycles. The van der Waals surface area contributed by atoms with Gasteiger partial charge < -0.3 is 5.32 Å². The third kappa shape index (κ3) is 5.20. The van der Waals surface area contributed by atoms with Gasteiger partial charge in [-0.15, -0.1) is 0 Å². The van der Waals surface area contributed by atoms with E-state index in [1.165, 1.54) is 12.1 Å². The minimum absolute atomic E-state index is 0.161. The molecule has 3 rings (SSSR count). The number of benzene rings is 2. The lowest BCUT2D eigenvalue weighted by molar-refractivity contribution is -0.137. The molecule has 0 spiro atoms. The van der Waals surface area contributed by atoms with Crippen molar-refractivity contribution in [3.63, 3.8) is 0 Å². The lowest BCUT2D eigenvalue weighted by Crippen LogP contribution is -2.30. The molecule has 9 heteroatoms. The van der Waals surface area contributed by atoms with Crippen molar-refractivity contribution in [2.24, 2.45) is 5.92 Å². The number of amides is 1. The van der Waals surface area contributed by atoms with E-state index >= 15 is 0 Å². The third-order valence-corrected chi connectivity index (χ3v) is 6.42. The largest absolute Gasteiger partial charge is 0.416 e. The molecule has 1 aliphatic carbocycles. The van der Waals surface area contributed by atoms with E-state index in [2.05, 4.69) is 10.0 Å². The van der Waals surface area contributed by atoms with Crippen molar-refractivity contribution in [3.8, 4) is 0 Å². The van der Waals surface area contributed by atoms with E-state index < -0.39 is 27.2 Å². The van der Waals surface area contributed by atoms with E-state index in [9.17, 15) is 26.4 Å². The Balaban J connectivity index is 1.66. The van der Waals surface area contributed by atoms with Crippen LogP contribution in [0, 0.1) is 12.8 Å². The van der Waals surface area contributed by atoms with E-state index in [0.29, 0.717) is 17.7 Å². The Kier molecular flexibility index (Phi) is 5.86. The Morgan fingerprint density at radius 1 is 1.16 bits per heavy atom. The quantitative estimate of drug-likeness (QED) is 0.673. The highest BCUT2D eigenvalue weighted by atomic mass is 32.2. The highest BCUT2D eigenvalue weighted by molar-refractivity contribution is 7.92. The smallest absolute Gasteiger partial charge is 0.349 e. The lowest BCUT2D eigenvalue weighted by atomic mass is 9.94. The monoisotopic (exact) mass is 454 g/mol. The maximum atomic E-state index is 12.8. The predicted octanol–water partition coefficient (Wildman–Crippen LogP) is 4.54. The number of carbonyl (C=O) groups is 1. The summed E-state index contributed by atoms with van der Waals surface area (Å²) in [5.74, 6) is -0.482. The van der Waals surface area contributed by atoms with E-state index in [1.807, 2.05) is 13.8 Å². The van der Waals surface area contributed by atoms with Gasteiger partial charge in [0.05, 0.1) is 23.5 Å². The summed E-state index contributed by atoms with van der Waals surface area (Å²) in [4.78, 5) is 12.8. The van der Waals surface area contributed by atoms with Gasteiger partial charge in [0.25, 0.3) is 0 Å². The molecule has 168 valence electrons. The molecule has 3 atom stereocenters. The van der Waals surface area contributed by atoms with E-state index in [-0.39, 0.29) is 17.9 Å². The molecular weight excluding hydrogens is 429 g/mol. The van der Waals surface area contributed by atoms with Crippen LogP contribution in [0.3, 0.4) is 0 Å². The van der Waals surface area contributed by atoms with Crippen molar-refractivity contribution in [2.45, 2.75) is 44.8 Å². The van der Waals surface area contributed by atoms with E-state index in [0.717, 1.165) is 29.5 Å². The molecule has 0 aromatic heterocycles. The summed E-state index contributed by atoms with van der Waals surface area (Å²) in [7, 11) is -3.39. The molecule has 0 aliphatic heterocycles. The Labute approximate surface area is 180 Å². The molecule has 0 heterocycles. The zero-order valence-electron chi connectivity index (χ0n) is 17.7. The van der Waals surface area contributed by atoms with Crippen LogP contribution < -0.4 is 10.0 Å². The van der Waals surface area contributed by atoms with E-state index in [1.54, 1.807) is 25.1 Å². The average Bonchev–Trinajstić information content (AvgIpc) is 3.35. The lowest BCUT2D eigenvalue weighted by Gasteiger charge is -2.18. The Hall–Kier alpha value is -2.55. The standard InChI is InChI=1S/C22H25F3N2O3S/c1-13-11-15(5-10-19(13)27-31(4,29)30)14(2)26-20(28)18-12-21(18,3)16-6-8-17(9-7-16)22(23,24)25/h5-11,14,18,27H,12H2,1-4H3,(H,26,28). The first-order valence-corrected chi connectivity index (χ1v) is 11.7. The van der Waals surface area contributed by atoms with Crippen LogP contribution in [0.25, 0.3) is 0 Å². The molecule has 1 amide bonds. The van der Waals surface area contributed by atoms with Crippen molar-refractivity contribution in [1.82, 2.24) is 5.32 Å². The fraction of sp³-hybridized carbons (Fsp3) is 0.409. The SMILES string of the molecule is Cc1cc(C(C)NC(=O)C2CC2(C)c2ccc(C(F)(F)F)cc2)ccc1NS(C)(=O)=O. The molecule has 1 aliphatic rings. The van der Waals surface area contributed by atoms with Crippen LogP contribution in [-0.4, -0.2) is 20.6 Å². The second-order valence-corrected chi connectivity index (χ2v) is 10.2. The van der Waals surface area contributed by atoms with Crippen LogP contribution in [0.2, 0.25) is 0 Å². The van der Waals surface area contributed by atoms with Gasteiger partial charge in [0.1, 0.15) is 0 Å². The Bertz CT molecular complexity index is 1100. The zero-order chi connectivity index (χ0) is 23.2. The van der Waals surface area contributed by atoms with Gasteiger partial charge in [-0.3, -0.25) is 9.52 Å². The predicted molar refractivity (Wildman–Crippen MR) is 113 cm³/mol. The topological polar surface area (TPSA) is 75.3 Å². The molecule has 31 heavy (non-hydrogen) atoms. The molecule has 1 fully saturated rings. The van der Waals surface area contributed by atoms with Crippen LogP contribution in [0.4, 0.5) is 18.9 Å². The van der Waals surface area contributed by atoms with Gasteiger partial charge in [-0.05, 0) is 55.2 Å². The third-order valence-electron chi connectivity index (χ3n) is 5.83. The molecule has 0 bridgehead atoms. The minimum atomic E-state index is -4.39. The van der Waals surface area contributed by atoms with Crippen molar-refractivity contribution in [1.29, 1.82) is 0 Å². The molecule has 0 radical (unpaired) electrons. The Morgan fingerprint density at radius 3 is 2.29 bits per heavy atom. The minimum Gasteiger partial charge on any atom is -0.349 e. The van der Waals surface area contributed by atoms with Gasteiger partial charge in [-0.25, -0.2) is 8.42 Å². The molecule has 2 aromatic rings. The van der Waals surface area contributed by atoms with Gasteiger partial charge in [0.15, 0.2) is 0 Å². The first-order valence-electron chi connectivity index (χ1n) is 9.77. The summed E-state index contributed by atoms with van der Waals surface area (Å²) in [6.07, 6.45) is -2.75. The summed E-state index contributed by atoms with van der Waals surface area (Å²) in [5, 5.41) is 2.96. The number of hydrogen-bond donors (Lipinski definition) is 2. The second-order valence-electron chi connectivity index (χ2n) is 8.43. The highest BCUT2D eigenvalue weighted by Crippen LogP contribution is 2.54. The normalized spacial score (nSPS) is 22.0. The van der Waals surface area contributed by atoms with Crippen LogP contribution in [0.15, 0.2) is 42.5 Å². The summed E-state index contributed by atoms with van der Waals surface area (Å²) in [6, 6.07) is 9.87. The molecule has 3 unspecified atom stereocenters. The van der Waals surface area contributed by atoms with Crippen molar-refractivity contribution in [3.05, 3.63) is 64.7 Å². The van der Waals surface area contributed by atoms with Gasteiger partial charge >= 0.3 is 6.18 Å². The molecule has 1 saturated carbocycles. The maximum Gasteiger partial charge on any atom is 0.416 e. The summed E-state index contributed by atoms with van der Waals surface area (Å²) in [5.41, 5.74) is 1.53. The zero-order valence-corrected chi connectivity index (χ0v) is 18.5. The number of sulfonamides is 1. The number of aryl methyl sites for hydroxylation is 1. The summed E-state index contributed by atoms with van der Waals surface area (Å²) >= 11 is 0. The number of halogens is 3. The molecule has 2 N–H and O–H groups in total. The molecular formula is C22H25F3N2O3S. The van der Waals surface area contributed by atoms with Crippen molar-refractivity contribution >= 4 is 21.6 Å². The van der Waals surface area contributed by atoms with Crippen molar-refractivity contribution < 1.29 is 26.4 Å². The average molecular weight is 455 g/mol. The Morgan fingerprint density at radius 2 is 1.77 bits per heavy atom. The van der Waals surface area contributed by atoms with Crippen LogP contribution >= 0.6 is 0 Å². The number of hydrogen-bond acceptors (Lipinski definition) is 3. The van der Waals surface area contributed by atoms with E-state index in [4.69, 9.17) is 0 Å². The van der Waals surface area contributed by atoms with Gasteiger partial charge in [0, 0.05) is 11.3 Å². The fourth-order valence-corrected chi connectivity index (χ4v) is 4.40. The number of rotatable bonds is 6. The van der Waals surface area contributed by atoms with Gasteiger partial charge in [-0.2, -0.15) is 13.2 Å². The molecule has 2 aromatic carbocycles. The van der Waals surface area contributed by atoms with Crippen molar-refractivity contribution in [2.75, 3.05) is 11.0 Å². The van der Waals surface area contributed by atoms with Crippen LogP contribution in [0.5, 0.6) is 0 Å². The number of anilines is 1. The van der Waals surface area contributed by atoms with Crippen LogP contribution in [-0.2, 0) is 26.4 Å². The number of nitrogens with one attached hydrogen (secondary N) is 2. The molecule has 5 nitrogen and oxygen atoms in total. The van der Waals surface area contributed by atoms with Crippen LogP contribution in [0.1, 0.15) is 48.6 Å². The summed E-state index contributed by atoms with van der Waals surface area (Å²) < 4.78 is 63.6. The first kappa shape index (κ1) is 23.1. The second kappa shape index (κ2) is 7.85. The number of alkyl halides is 3. The number of carbonyl (C=O) groups excluding carboxylic acids is 1. The summed E-state index contributed by atoms with van der Waals surface area (Å²) in [6.45, 7) is 5.47. The highest BCUT2D eigenvalue weighted by Gasteiger charge is 2.55. The fourth-order valence-electron chi connectivity index (χ4n) is 3.77. The first-order chi connectivity index (χ1) is 14.2. The van der Waals surface area contributed by atoms with Gasteiger partial charge in [0.2, 0.25) is 15.9 Å².